The number of carbonyl (C=O) groups is 2. The van der Waals surface area contributed by atoms with E-state index in [2.05, 4.69) is 25.7 Å². The molecule has 3 aromatic rings. The van der Waals surface area contributed by atoms with Crippen LogP contribution in [-0.4, -0.2) is 56.6 Å². The Labute approximate surface area is 193 Å². The third-order valence-corrected chi connectivity index (χ3v) is 5.65. The van der Waals surface area contributed by atoms with E-state index < -0.39 is 12.1 Å². The number of pyridine rings is 1. The summed E-state index contributed by atoms with van der Waals surface area (Å²) in [6, 6.07) is 2.55. The SMILES string of the molecule is CO[C@@H](C)c1c(NC(=O)Nc2cnc(C(=O)N3CCCC3)c(Cl)c2)cnc2cc(Cl)nn12. The number of methoxy groups -OCH3 is 1. The maximum Gasteiger partial charge on any atom is 0.323 e. The molecule has 0 bridgehead atoms. The number of fused-ring (bicyclic) bond motifs is 1. The average Bonchev–Trinajstić information content (AvgIpc) is 3.42. The lowest BCUT2D eigenvalue weighted by Crippen LogP contribution is -2.28. The van der Waals surface area contributed by atoms with Crippen LogP contribution in [0.1, 0.15) is 42.1 Å². The fourth-order valence-electron chi connectivity index (χ4n) is 3.54. The predicted molar refractivity (Wildman–Crippen MR) is 120 cm³/mol. The Morgan fingerprint density at radius 1 is 1.12 bits per heavy atom. The second-order valence-electron chi connectivity index (χ2n) is 7.30. The Kier molecular flexibility index (Phi) is 6.45. The van der Waals surface area contributed by atoms with Crippen molar-refractivity contribution >= 4 is 52.2 Å². The molecule has 0 saturated carbocycles. The van der Waals surface area contributed by atoms with Crippen LogP contribution in [0.2, 0.25) is 10.2 Å². The summed E-state index contributed by atoms with van der Waals surface area (Å²) in [7, 11) is 1.55. The topological polar surface area (TPSA) is 114 Å². The van der Waals surface area contributed by atoms with Gasteiger partial charge in [-0.05, 0) is 25.8 Å². The third-order valence-electron chi connectivity index (χ3n) is 5.17. The maximum atomic E-state index is 12.6. The van der Waals surface area contributed by atoms with E-state index in [1.807, 2.05) is 6.92 Å². The van der Waals surface area contributed by atoms with E-state index in [0.717, 1.165) is 12.8 Å². The molecule has 10 nitrogen and oxygen atoms in total. The van der Waals surface area contributed by atoms with Crippen molar-refractivity contribution in [1.82, 2.24) is 24.5 Å². The van der Waals surface area contributed by atoms with E-state index in [0.29, 0.717) is 35.8 Å². The quantitative estimate of drug-likeness (QED) is 0.573. The highest BCUT2D eigenvalue weighted by atomic mass is 35.5. The Morgan fingerprint density at radius 3 is 2.56 bits per heavy atom. The van der Waals surface area contributed by atoms with E-state index >= 15 is 0 Å². The Balaban J connectivity index is 1.52. The second kappa shape index (κ2) is 9.27. The van der Waals surface area contributed by atoms with Crippen LogP contribution in [0.3, 0.4) is 0 Å². The summed E-state index contributed by atoms with van der Waals surface area (Å²) in [6.45, 7) is 3.20. The van der Waals surface area contributed by atoms with Gasteiger partial charge in [0, 0.05) is 26.3 Å². The highest BCUT2D eigenvalue weighted by Gasteiger charge is 2.23. The van der Waals surface area contributed by atoms with Gasteiger partial charge >= 0.3 is 6.03 Å². The lowest BCUT2D eigenvalue weighted by molar-refractivity contribution is 0.0787. The number of carbonyl (C=O) groups excluding carboxylic acids is 2. The van der Waals surface area contributed by atoms with Gasteiger partial charge in [0.15, 0.2) is 10.8 Å². The molecule has 2 N–H and O–H groups in total. The predicted octanol–water partition coefficient (Wildman–Crippen LogP) is 4.02. The minimum atomic E-state index is -0.551. The van der Waals surface area contributed by atoms with Crippen molar-refractivity contribution < 1.29 is 14.3 Å². The normalized spacial score (nSPS) is 14.6. The molecule has 0 radical (unpaired) electrons. The Morgan fingerprint density at radius 2 is 1.88 bits per heavy atom. The molecular weight excluding hydrogens is 457 g/mol. The zero-order valence-corrected chi connectivity index (χ0v) is 18.9. The van der Waals surface area contributed by atoms with E-state index in [-0.39, 0.29) is 21.8 Å². The molecule has 0 aromatic carbocycles. The van der Waals surface area contributed by atoms with E-state index in [1.165, 1.54) is 23.0 Å². The van der Waals surface area contributed by atoms with Crippen molar-refractivity contribution in [3.63, 3.8) is 0 Å². The maximum absolute atomic E-state index is 12.6. The molecule has 4 heterocycles. The summed E-state index contributed by atoms with van der Waals surface area (Å²) in [5.41, 5.74) is 1.99. The van der Waals surface area contributed by atoms with Crippen LogP contribution in [-0.2, 0) is 4.74 Å². The van der Waals surface area contributed by atoms with Gasteiger partial charge in [0.2, 0.25) is 0 Å². The number of ether oxygens (including phenoxy) is 1. The lowest BCUT2D eigenvalue weighted by atomic mass is 10.2. The molecule has 0 unspecified atom stereocenters. The summed E-state index contributed by atoms with van der Waals surface area (Å²) in [5.74, 6) is -0.209. The zero-order valence-electron chi connectivity index (χ0n) is 17.4. The molecule has 1 saturated heterocycles. The average molecular weight is 478 g/mol. The first-order chi connectivity index (χ1) is 15.4. The molecule has 12 heteroatoms. The molecule has 1 fully saturated rings. The van der Waals surface area contributed by atoms with E-state index in [9.17, 15) is 9.59 Å². The van der Waals surface area contributed by atoms with Gasteiger partial charge in [-0.3, -0.25) is 4.79 Å². The van der Waals surface area contributed by atoms with Crippen molar-refractivity contribution in [3.8, 4) is 0 Å². The van der Waals surface area contributed by atoms with Crippen LogP contribution < -0.4 is 10.6 Å². The molecule has 4 rings (SSSR count). The molecule has 32 heavy (non-hydrogen) atoms. The van der Waals surface area contributed by atoms with E-state index in [4.69, 9.17) is 27.9 Å². The second-order valence-corrected chi connectivity index (χ2v) is 8.10. The standard InChI is InChI=1S/C20H21Cl2N7O3/c1-11(32-2)18-14(10-23-16-8-15(22)27-29(16)18)26-20(31)25-12-7-13(21)17(24-9-12)19(30)28-5-3-4-6-28/h7-11H,3-6H2,1-2H3,(H2,25,26,31)/t11-/m0/s1. The highest BCUT2D eigenvalue weighted by Crippen LogP contribution is 2.27. The van der Waals surface area contributed by atoms with Crippen LogP contribution >= 0.6 is 23.2 Å². The number of likely N-dealkylation sites (tertiary alicyclic amines) is 1. The molecule has 1 atom stereocenters. The number of aromatic nitrogens is 4. The molecule has 1 aliphatic heterocycles. The van der Waals surface area contributed by atoms with Crippen LogP contribution in [0, 0.1) is 0 Å². The molecule has 0 spiro atoms. The number of halogens is 2. The number of urea groups is 1. The molecule has 168 valence electrons. The summed E-state index contributed by atoms with van der Waals surface area (Å²) in [5, 5.41) is 10.0. The number of hydrogen-bond acceptors (Lipinski definition) is 6. The molecule has 3 aromatic heterocycles. The number of nitrogens with zero attached hydrogens (tertiary/aromatic N) is 5. The fourth-order valence-corrected chi connectivity index (χ4v) is 3.96. The van der Waals surface area contributed by atoms with Gasteiger partial charge in [-0.1, -0.05) is 23.2 Å². The van der Waals surface area contributed by atoms with Crippen molar-refractivity contribution in [1.29, 1.82) is 0 Å². The van der Waals surface area contributed by atoms with Crippen LogP contribution in [0.5, 0.6) is 0 Å². The Bertz CT molecular complexity index is 1180. The first-order valence-electron chi connectivity index (χ1n) is 9.97. The zero-order chi connectivity index (χ0) is 22.8. The van der Waals surface area contributed by atoms with Crippen molar-refractivity contribution in [3.05, 3.63) is 46.1 Å². The number of anilines is 2. The number of hydrogen-bond donors (Lipinski definition) is 2. The minimum Gasteiger partial charge on any atom is -0.375 e. The fraction of sp³-hybridized carbons (Fsp3) is 0.350. The van der Waals surface area contributed by atoms with Gasteiger partial charge < -0.3 is 20.3 Å². The van der Waals surface area contributed by atoms with E-state index in [1.54, 1.807) is 18.1 Å². The summed E-state index contributed by atoms with van der Waals surface area (Å²) >= 11 is 12.3. The van der Waals surface area contributed by atoms with Crippen LogP contribution in [0.25, 0.3) is 5.65 Å². The minimum absolute atomic E-state index is 0.168. The highest BCUT2D eigenvalue weighted by molar-refractivity contribution is 6.33. The smallest absolute Gasteiger partial charge is 0.323 e. The van der Waals surface area contributed by atoms with Crippen molar-refractivity contribution in [2.24, 2.45) is 0 Å². The first-order valence-corrected chi connectivity index (χ1v) is 10.7. The number of rotatable bonds is 5. The summed E-state index contributed by atoms with van der Waals surface area (Å²) in [4.78, 5) is 35.3. The molecular formula is C20H21Cl2N7O3. The monoisotopic (exact) mass is 477 g/mol. The lowest BCUT2D eigenvalue weighted by Gasteiger charge is -2.17. The van der Waals surface area contributed by atoms with Crippen molar-refractivity contribution in [2.75, 3.05) is 30.8 Å². The Hall–Kier alpha value is -2.95. The summed E-state index contributed by atoms with van der Waals surface area (Å²) < 4.78 is 6.94. The van der Waals surface area contributed by atoms with Gasteiger partial charge in [-0.25, -0.2) is 19.3 Å². The first kappa shape index (κ1) is 22.3. The number of amides is 3. The third kappa shape index (κ3) is 4.47. The van der Waals surface area contributed by atoms with Crippen LogP contribution in [0.15, 0.2) is 24.5 Å². The van der Waals surface area contributed by atoms with Crippen molar-refractivity contribution in [2.45, 2.75) is 25.9 Å². The number of nitrogens with one attached hydrogen (secondary N) is 2. The molecule has 0 aliphatic carbocycles. The molecule has 1 aliphatic rings. The van der Waals surface area contributed by atoms with Crippen LogP contribution in [0.4, 0.5) is 16.2 Å². The van der Waals surface area contributed by atoms with Gasteiger partial charge in [-0.2, -0.15) is 5.10 Å². The van der Waals surface area contributed by atoms with Gasteiger partial charge in [0.05, 0.1) is 40.6 Å². The molecule has 3 amide bonds. The summed E-state index contributed by atoms with van der Waals surface area (Å²) in [6.07, 6.45) is 4.43. The van der Waals surface area contributed by atoms with Gasteiger partial charge in [0.25, 0.3) is 5.91 Å². The van der Waals surface area contributed by atoms with Gasteiger partial charge in [-0.15, -0.1) is 0 Å². The largest absolute Gasteiger partial charge is 0.375 e. The van der Waals surface area contributed by atoms with Gasteiger partial charge in [0.1, 0.15) is 5.69 Å².